The predicted octanol–water partition coefficient (Wildman–Crippen LogP) is 2.51. The van der Waals surface area contributed by atoms with Gasteiger partial charge >= 0.3 is 11.9 Å². The molecule has 19 heavy (non-hydrogen) atoms. The van der Waals surface area contributed by atoms with E-state index in [4.69, 9.17) is 14.9 Å². The summed E-state index contributed by atoms with van der Waals surface area (Å²) in [5.74, 6) is -0.970. The molecule has 0 aliphatic rings. The normalized spacial score (nSPS) is 12.1. The molecular weight excluding hydrogens is 248 g/mol. The summed E-state index contributed by atoms with van der Waals surface area (Å²) < 4.78 is 5.23. The first-order valence-electron chi connectivity index (χ1n) is 7.08. The van der Waals surface area contributed by atoms with Crippen LogP contribution in [0.2, 0.25) is 0 Å². The van der Waals surface area contributed by atoms with E-state index >= 15 is 0 Å². The molecule has 1 atom stereocenters. The summed E-state index contributed by atoms with van der Waals surface area (Å²) in [6.07, 6.45) is 6.01. The van der Waals surface area contributed by atoms with E-state index in [1.807, 2.05) is 6.92 Å². The molecule has 1 unspecified atom stereocenters. The Hall–Kier alpha value is -1.10. The van der Waals surface area contributed by atoms with Gasteiger partial charge < -0.3 is 14.9 Å². The topological polar surface area (TPSA) is 83.8 Å². The van der Waals surface area contributed by atoms with Gasteiger partial charge in [0.15, 0.2) is 0 Å². The highest BCUT2D eigenvalue weighted by Crippen LogP contribution is 2.09. The number of carbonyl (C=O) groups excluding carboxylic acids is 1. The first kappa shape index (κ1) is 17.9. The molecule has 0 aliphatic heterocycles. The van der Waals surface area contributed by atoms with E-state index in [2.05, 4.69) is 0 Å². The van der Waals surface area contributed by atoms with Gasteiger partial charge in [0, 0.05) is 19.4 Å². The average molecular weight is 274 g/mol. The Kier molecular flexibility index (Phi) is 11.3. The Bertz CT molecular complexity index is 252. The summed E-state index contributed by atoms with van der Waals surface area (Å²) in [6.45, 7) is 2.04. The fraction of sp³-hybridized carbons (Fsp3) is 0.857. The zero-order valence-corrected chi connectivity index (χ0v) is 11.8. The molecular formula is C14H26O5. The summed E-state index contributed by atoms with van der Waals surface area (Å²) >= 11 is 0. The Morgan fingerprint density at radius 3 is 2.26 bits per heavy atom. The van der Waals surface area contributed by atoms with Crippen LogP contribution in [-0.2, 0) is 14.3 Å². The highest BCUT2D eigenvalue weighted by atomic mass is 16.5. The molecule has 5 nitrogen and oxygen atoms in total. The number of carboxylic acids is 1. The van der Waals surface area contributed by atoms with Gasteiger partial charge in [0.05, 0.1) is 6.10 Å². The SMILES string of the molecule is CC(CCCCC(=O)O)OC(=O)CCCCCCO. The predicted molar refractivity (Wildman–Crippen MR) is 71.8 cm³/mol. The van der Waals surface area contributed by atoms with Gasteiger partial charge in [-0.25, -0.2) is 0 Å². The number of rotatable bonds is 12. The van der Waals surface area contributed by atoms with Gasteiger partial charge in [-0.2, -0.15) is 0 Å². The molecule has 0 bridgehead atoms. The molecule has 0 saturated heterocycles. The van der Waals surface area contributed by atoms with Gasteiger partial charge in [0.2, 0.25) is 0 Å². The van der Waals surface area contributed by atoms with Crippen molar-refractivity contribution in [3.63, 3.8) is 0 Å². The minimum atomic E-state index is -0.785. The summed E-state index contributed by atoms with van der Waals surface area (Å²) in [5.41, 5.74) is 0. The Morgan fingerprint density at radius 1 is 1.00 bits per heavy atom. The maximum absolute atomic E-state index is 11.5. The second-order valence-corrected chi connectivity index (χ2v) is 4.83. The van der Waals surface area contributed by atoms with Crippen molar-refractivity contribution in [2.45, 2.75) is 70.8 Å². The van der Waals surface area contributed by atoms with Crippen molar-refractivity contribution >= 4 is 11.9 Å². The number of ether oxygens (including phenoxy) is 1. The van der Waals surface area contributed by atoms with Crippen LogP contribution in [0.3, 0.4) is 0 Å². The number of aliphatic hydroxyl groups is 1. The molecule has 0 aliphatic carbocycles. The standard InChI is InChI=1S/C14H26O5/c1-12(8-5-6-9-13(16)17)19-14(18)10-4-2-3-7-11-15/h12,15H,2-11H2,1H3,(H,16,17). The first-order valence-corrected chi connectivity index (χ1v) is 7.08. The molecule has 112 valence electrons. The summed E-state index contributed by atoms with van der Waals surface area (Å²) in [7, 11) is 0. The number of hydrogen-bond acceptors (Lipinski definition) is 4. The third-order valence-corrected chi connectivity index (χ3v) is 2.87. The lowest BCUT2D eigenvalue weighted by Crippen LogP contribution is -2.14. The molecule has 2 N–H and O–H groups in total. The van der Waals surface area contributed by atoms with E-state index in [0.717, 1.165) is 32.1 Å². The zero-order chi connectivity index (χ0) is 14.5. The number of hydrogen-bond donors (Lipinski definition) is 2. The molecule has 5 heteroatoms. The minimum Gasteiger partial charge on any atom is -0.481 e. The third-order valence-electron chi connectivity index (χ3n) is 2.87. The highest BCUT2D eigenvalue weighted by Gasteiger charge is 2.09. The third kappa shape index (κ3) is 13.1. The largest absolute Gasteiger partial charge is 0.481 e. The van der Waals surface area contributed by atoms with Crippen LogP contribution in [0, 0.1) is 0 Å². The van der Waals surface area contributed by atoms with Crippen molar-refractivity contribution in [3.05, 3.63) is 0 Å². The van der Waals surface area contributed by atoms with Crippen molar-refractivity contribution in [1.29, 1.82) is 0 Å². The molecule has 0 aromatic heterocycles. The van der Waals surface area contributed by atoms with Crippen molar-refractivity contribution in [2.75, 3.05) is 6.61 Å². The van der Waals surface area contributed by atoms with Gasteiger partial charge in [-0.3, -0.25) is 9.59 Å². The minimum absolute atomic E-state index is 0.140. The van der Waals surface area contributed by atoms with E-state index in [0.29, 0.717) is 19.3 Å². The summed E-state index contributed by atoms with van der Waals surface area (Å²) in [4.78, 5) is 21.8. The van der Waals surface area contributed by atoms with Crippen LogP contribution >= 0.6 is 0 Å². The summed E-state index contributed by atoms with van der Waals surface area (Å²) in [6, 6.07) is 0. The van der Waals surface area contributed by atoms with Crippen LogP contribution in [0.5, 0.6) is 0 Å². The lowest BCUT2D eigenvalue weighted by atomic mass is 10.1. The second kappa shape index (κ2) is 12.0. The molecule has 0 heterocycles. The van der Waals surface area contributed by atoms with Crippen molar-refractivity contribution < 1.29 is 24.5 Å². The van der Waals surface area contributed by atoms with Gasteiger partial charge in [0.25, 0.3) is 0 Å². The number of aliphatic hydroxyl groups excluding tert-OH is 1. The van der Waals surface area contributed by atoms with Crippen LogP contribution in [0.25, 0.3) is 0 Å². The molecule has 0 fully saturated rings. The second-order valence-electron chi connectivity index (χ2n) is 4.83. The first-order chi connectivity index (χ1) is 9.06. The van der Waals surface area contributed by atoms with E-state index in [-0.39, 0.29) is 25.1 Å². The molecule has 0 amide bonds. The van der Waals surface area contributed by atoms with E-state index in [1.165, 1.54) is 0 Å². The fourth-order valence-electron chi connectivity index (χ4n) is 1.78. The Morgan fingerprint density at radius 2 is 1.63 bits per heavy atom. The zero-order valence-electron chi connectivity index (χ0n) is 11.8. The molecule has 0 aromatic carbocycles. The van der Waals surface area contributed by atoms with Crippen LogP contribution in [0.15, 0.2) is 0 Å². The lowest BCUT2D eigenvalue weighted by Gasteiger charge is -2.12. The van der Waals surface area contributed by atoms with Crippen molar-refractivity contribution in [1.82, 2.24) is 0 Å². The molecule has 0 saturated carbocycles. The fourth-order valence-corrected chi connectivity index (χ4v) is 1.78. The number of carbonyl (C=O) groups is 2. The molecule has 0 aromatic rings. The number of carboxylic acid groups (broad SMARTS) is 1. The van der Waals surface area contributed by atoms with Gasteiger partial charge in [-0.1, -0.05) is 12.8 Å². The highest BCUT2D eigenvalue weighted by molar-refractivity contribution is 5.69. The molecule has 0 rings (SSSR count). The van der Waals surface area contributed by atoms with Gasteiger partial charge in [-0.15, -0.1) is 0 Å². The van der Waals surface area contributed by atoms with Crippen LogP contribution < -0.4 is 0 Å². The van der Waals surface area contributed by atoms with Crippen LogP contribution in [0.4, 0.5) is 0 Å². The van der Waals surface area contributed by atoms with E-state index in [9.17, 15) is 9.59 Å². The van der Waals surface area contributed by atoms with Crippen molar-refractivity contribution in [2.24, 2.45) is 0 Å². The number of aliphatic carboxylic acids is 1. The maximum Gasteiger partial charge on any atom is 0.306 e. The maximum atomic E-state index is 11.5. The van der Waals surface area contributed by atoms with Crippen molar-refractivity contribution in [3.8, 4) is 0 Å². The lowest BCUT2D eigenvalue weighted by molar-refractivity contribution is -0.148. The average Bonchev–Trinajstić information content (AvgIpc) is 2.34. The quantitative estimate of drug-likeness (QED) is 0.422. The summed E-state index contributed by atoms with van der Waals surface area (Å²) in [5, 5.41) is 17.1. The molecule has 0 radical (unpaired) electrons. The Labute approximate surface area is 115 Å². The van der Waals surface area contributed by atoms with Gasteiger partial charge in [-0.05, 0) is 39.0 Å². The van der Waals surface area contributed by atoms with E-state index in [1.54, 1.807) is 0 Å². The Balaban J connectivity index is 3.44. The van der Waals surface area contributed by atoms with Gasteiger partial charge in [0.1, 0.15) is 0 Å². The number of unbranched alkanes of at least 4 members (excludes halogenated alkanes) is 4. The van der Waals surface area contributed by atoms with Crippen LogP contribution in [-0.4, -0.2) is 34.9 Å². The number of esters is 1. The molecule has 0 spiro atoms. The van der Waals surface area contributed by atoms with Crippen LogP contribution in [0.1, 0.15) is 64.7 Å². The van der Waals surface area contributed by atoms with E-state index < -0.39 is 5.97 Å². The smallest absolute Gasteiger partial charge is 0.306 e. The monoisotopic (exact) mass is 274 g/mol.